The highest BCUT2D eigenvalue weighted by atomic mass is 16.3. The molecule has 21 heavy (non-hydrogen) atoms. The molecule has 0 fully saturated rings. The number of carbonyl (C=O) groups excluding carboxylic acids is 1. The molecule has 0 saturated heterocycles. The Labute approximate surface area is 125 Å². The first-order valence-corrected chi connectivity index (χ1v) is 7.38. The van der Waals surface area contributed by atoms with E-state index in [1.54, 1.807) is 6.26 Å². The van der Waals surface area contributed by atoms with Gasteiger partial charge in [-0.15, -0.1) is 0 Å². The van der Waals surface area contributed by atoms with E-state index in [0.29, 0.717) is 19.5 Å². The normalized spacial score (nSPS) is 10.5. The minimum Gasteiger partial charge on any atom is -0.467 e. The number of rotatable bonds is 9. The van der Waals surface area contributed by atoms with Crippen molar-refractivity contribution in [1.82, 2.24) is 10.6 Å². The minimum absolute atomic E-state index is 0.0435. The number of amides is 1. The molecule has 1 heterocycles. The molecule has 0 unspecified atom stereocenters. The Kier molecular flexibility index (Phi) is 6.55. The van der Waals surface area contributed by atoms with Crippen molar-refractivity contribution >= 4 is 5.91 Å². The molecule has 0 aliphatic heterocycles. The number of carbonyl (C=O) groups is 1. The monoisotopic (exact) mass is 286 g/mol. The summed E-state index contributed by atoms with van der Waals surface area (Å²) in [5.74, 6) is 0.820. The standard InChI is InChI=1S/C17H22N2O2/c20-17(19-14-16-9-5-13-21-16)10-12-18-11-4-8-15-6-2-1-3-7-15/h1-3,5-7,9,13,18H,4,8,10-12,14H2,(H,19,20). The second-order valence-corrected chi connectivity index (χ2v) is 4.95. The molecule has 1 aromatic carbocycles. The summed E-state index contributed by atoms with van der Waals surface area (Å²) in [6.45, 7) is 2.10. The molecule has 1 aromatic heterocycles. The van der Waals surface area contributed by atoms with Crippen molar-refractivity contribution in [1.29, 1.82) is 0 Å². The van der Waals surface area contributed by atoms with E-state index in [1.807, 2.05) is 18.2 Å². The van der Waals surface area contributed by atoms with Gasteiger partial charge in [-0.2, -0.15) is 0 Å². The summed E-state index contributed by atoms with van der Waals surface area (Å²) >= 11 is 0. The van der Waals surface area contributed by atoms with Crippen LogP contribution in [0.15, 0.2) is 53.1 Å². The van der Waals surface area contributed by atoms with E-state index >= 15 is 0 Å². The van der Waals surface area contributed by atoms with Crippen LogP contribution in [0, 0.1) is 0 Å². The van der Waals surface area contributed by atoms with E-state index in [0.717, 1.165) is 25.1 Å². The zero-order valence-corrected chi connectivity index (χ0v) is 12.2. The van der Waals surface area contributed by atoms with Gasteiger partial charge < -0.3 is 15.1 Å². The van der Waals surface area contributed by atoms with Crippen molar-refractivity contribution in [3.63, 3.8) is 0 Å². The highest BCUT2D eigenvalue weighted by Gasteiger charge is 2.02. The Morgan fingerprint density at radius 1 is 1.05 bits per heavy atom. The lowest BCUT2D eigenvalue weighted by molar-refractivity contribution is -0.121. The van der Waals surface area contributed by atoms with Gasteiger partial charge in [0.25, 0.3) is 0 Å². The predicted octanol–water partition coefficient (Wildman–Crippen LogP) is 2.51. The molecule has 0 radical (unpaired) electrons. The van der Waals surface area contributed by atoms with Crippen LogP contribution in [0.2, 0.25) is 0 Å². The lowest BCUT2D eigenvalue weighted by Gasteiger charge is -2.06. The maximum absolute atomic E-state index is 11.6. The van der Waals surface area contributed by atoms with Crippen molar-refractivity contribution in [2.45, 2.75) is 25.8 Å². The van der Waals surface area contributed by atoms with Gasteiger partial charge in [0.1, 0.15) is 5.76 Å². The van der Waals surface area contributed by atoms with Crippen molar-refractivity contribution in [3.05, 3.63) is 60.1 Å². The fraction of sp³-hybridized carbons (Fsp3) is 0.353. The van der Waals surface area contributed by atoms with Gasteiger partial charge in [0.05, 0.1) is 12.8 Å². The van der Waals surface area contributed by atoms with Crippen LogP contribution in [-0.4, -0.2) is 19.0 Å². The molecule has 4 heteroatoms. The molecule has 0 atom stereocenters. The molecule has 0 saturated carbocycles. The number of nitrogens with one attached hydrogen (secondary N) is 2. The van der Waals surface area contributed by atoms with Crippen LogP contribution in [0.25, 0.3) is 0 Å². The molecule has 112 valence electrons. The summed E-state index contributed by atoms with van der Waals surface area (Å²) in [6, 6.07) is 14.1. The molecular weight excluding hydrogens is 264 g/mol. The summed E-state index contributed by atoms with van der Waals surface area (Å²) in [4.78, 5) is 11.6. The Bertz CT molecular complexity index is 509. The van der Waals surface area contributed by atoms with E-state index in [2.05, 4.69) is 34.9 Å². The summed E-state index contributed by atoms with van der Waals surface area (Å²) < 4.78 is 5.15. The van der Waals surface area contributed by atoms with Gasteiger partial charge in [0.15, 0.2) is 0 Å². The molecule has 0 spiro atoms. The van der Waals surface area contributed by atoms with Gasteiger partial charge >= 0.3 is 0 Å². The Morgan fingerprint density at radius 2 is 1.90 bits per heavy atom. The SMILES string of the molecule is O=C(CCNCCCc1ccccc1)NCc1ccco1. The van der Waals surface area contributed by atoms with Crippen LogP contribution >= 0.6 is 0 Å². The molecule has 0 bridgehead atoms. The first-order valence-electron chi connectivity index (χ1n) is 7.38. The molecule has 4 nitrogen and oxygen atoms in total. The fourth-order valence-corrected chi connectivity index (χ4v) is 2.08. The third kappa shape index (κ3) is 6.27. The number of aryl methyl sites for hydroxylation is 1. The number of benzene rings is 1. The Balaban J connectivity index is 1.47. The molecule has 0 aliphatic carbocycles. The van der Waals surface area contributed by atoms with Crippen LogP contribution in [0.5, 0.6) is 0 Å². The maximum atomic E-state index is 11.6. The molecule has 0 aliphatic rings. The Morgan fingerprint density at radius 3 is 2.67 bits per heavy atom. The molecule has 1 amide bonds. The average Bonchev–Trinajstić information content (AvgIpc) is 3.03. The van der Waals surface area contributed by atoms with E-state index < -0.39 is 0 Å². The molecule has 2 N–H and O–H groups in total. The van der Waals surface area contributed by atoms with E-state index in [1.165, 1.54) is 5.56 Å². The molecular formula is C17H22N2O2. The van der Waals surface area contributed by atoms with Gasteiger partial charge in [-0.3, -0.25) is 4.79 Å². The Hall–Kier alpha value is -2.07. The average molecular weight is 286 g/mol. The number of hydrogen-bond donors (Lipinski definition) is 2. The quantitative estimate of drug-likeness (QED) is 0.696. The molecule has 2 rings (SSSR count). The third-order valence-corrected chi connectivity index (χ3v) is 3.23. The number of furan rings is 1. The smallest absolute Gasteiger partial charge is 0.221 e. The molecule has 2 aromatic rings. The van der Waals surface area contributed by atoms with Crippen molar-refractivity contribution in [2.24, 2.45) is 0 Å². The summed E-state index contributed by atoms with van der Waals surface area (Å²) in [6.07, 6.45) is 4.25. The van der Waals surface area contributed by atoms with E-state index in [4.69, 9.17) is 4.42 Å². The van der Waals surface area contributed by atoms with E-state index in [-0.39, 0.29) is 5.91 Å². The second kappa shape index (κ2) is 8.97. The van der Waals surface area contributed by atoms with Crippen LogP contribution in [0.3, 0.4) is 0 Å². The van der Waals surface area contributed by atoms with Gasteiger partial charge in [0.2, 0.25) is 5.91 Å². The lowest BCUT2D eigenvalue weighted by atomic mass is 10.1. The van der Waals surface area contributed by atoms with Crippen molar-refractivity contribution < 1.29 is 9.21 Å². The maximum Gasteiger partial charge on any atom is 0.221 e. The van der Waals surface area contributed by atoms with Crippen molar-refractivity contribution in [2.75, 3.05) is 13.1 Å². The lowest BCUT2D eigenvalue weighted by Crippen LogP contribution is -2.27. The third-order valence-electron chi connectivity index (χ3n) is 3.23. The zero-order chi connectivity index (χ0) is 14.8. The van der Waals surface area contributed by atoms with Gasteiger partial charge in [-0.05, 0) is 37.1 Å². The first kappa shape index (κ1) is 15.3. The number of hydrogen-bond acceptors (Lipinski definition) is 3. The second-order valence-electron chi connectivity index (χ2n) is 4.95. The van der Waals surface area contributed by atoms with Crippen molar-refractivity contribution in [3.8, 4) is 0 Å². The van der Waals surface area contributed by atoms with Crippen LogP contribution < -0.4 is 10.6 Å². The van der Waals surface area contributed by atoms with Gasteiger partial charge in [-0.25, -0.2) is 0 Å². The topological polar surface area (TPSA) is 54.3 Å². The highest BCUT2D eigenvalue weighted by molar-refractivity contribution is 5.75. The van der Waals surface area contributed by atoms with Crippen LogP contribution in [0.1, 0.15) is 24.2 Å². The van der Waals surface area contributed by atoms with Crippen LogP contribution in [-0.2, 0) is 17.8 Å². The van der Waals surface area contributed by atoms with E-state index in [9.17, 15) is 4.79 Å². The summed E-state index contributed by atoms with van der Waals surface area (Å²) in [7, 11) is 0. The zero-order valence-electron chi connectivity index (χ0n) is 12.2. The van der Waals surface area contributed by atoms with Gasteiger partial charge in [0, 0.05) is 13.0 Å². The summed E-state index contributed by atoms with van der Waals surface area (Å²) in [5, 5.41) is 6.12. The largest absolute Gasteiger partial charge is 0.467 e. The van der Waals surface area contributed by atoms with Crippen LogP contribution in [0.4, 0.5) is 0 Å². The minimum atomic E-state index is 0.0435. The fourth-order valence-electron chi connectivity index (χ4n) is 2.08. The highest BCUT2D eigenvalue weighted by Crippen LogP contribution is 2.01. The first-order chi connectivity index (χ1) is 10.3. The van der Waals surface area contributed by atoms with Gasteiger partial charge in [-0.1, -0.05) is 30.3 Å². The summed E-state index contributed by atoms with van der Waals surface area (Å²) in [5.41, 5.74) is 1.36. The predicted molar refractivity (Wildman–Crippen MR) is 82.8 cm³/mol.